The zero-order valence-electron chi connectivity index (χ0n) is 16.3. The molecule has 2 aromatic rings. The maximum absolute atomic E-state index is 5.11. The molecule has 2 aliphatic rings. The second kappa shape index (κ2) is 8.65. The van der Waals surface area contributed by atoms with Gasteiger partial charge in [0, 0.05) is 50.7 Å². The van der Waals surface area contributed by atoms with Crippen LogP contribution >= 0.6 is 0 Å². The molecule has 0 aromatic carbocycles. The van der Waals surface area contributed by atoms with E-state index in [2.05, 4.69) is 26.7 Å². The number of anilines is 2. The Kier molecular flexibility index (Phi) is 5.82. The highest BCUT2D eigenvalue weighted by molar-refractivity contribution is 5.68. The van der Waals surface area contributed by atoms with E-state index in [1.54, 1.807) is 0 Å². The quantitative estimate of drug-likeness (QED) is 0.832. The van der Waals surface area contributed by atoms with E-state index < -0.39 is 0 Å². The van der Waals surface area contributed by atoms with Gasteiger partial charge in [0.25, 0.3) is 0 Å². The van der Waals surface area contributed by atoms with Gasteiger partial charge in [-0.3, -0.25) is 4.98 Å². The molecule has 6 nitrogen and oxygen atoms in total. The van der Waals surface area contributed by atoms with E-state index >= 15 is 0 Å². The first-order valence-electron chi connectivity index (χ1n) is 10.3. The average Bonchev–Trinajstić information content (AvgIpc) is 3.11. The van der Waals surface area contributed by atoms with Gasteiger partial charge in [-0.05, 0) is 45.0 Å². The van der Waals surface area contributed by atoms with E-state index in [1.165, 1.54) is 25.7 Å². The molecule has 2 aliphatic heterocycles. The summed E-state index contributed by atoms with van der Waals surface area (Å²) in [5.74, 6) is 2.13. The van der Waals surface area contributed by atoms with Crippen LogP contribution in [-0.2, 0) is 0 Å². The smallest absolute Gasteiger partial charge is 0.172 e. The summed E-state index contributed by atoms with van der Waals surface area (Å²) in [6, 6.07) is 4.02. The summed E-state index contributed by atoms with van der Waals surface area (Å²) in [5, 5.41) is 0. The van der Waals surface area contributed by atoms with Crippen LogP contribution < -0.4 is 9.80 Å². The third-order valence-electron chi connectivity index (χ3n) is 5.64. The summed E-state index contributed by atoms with van der Waals surface area (Å²) in [7, 11) is 2.21. The van der Waals surface area contributed by atoms with E-state index in [4.69, 9.17) is 9.97 Å². The molecule has 2 aromatic heterocycles. The van der Waals surface area contributed by atoms with Crippen LogP contribution in [0.3, 0.4) is 0 Å². The molecule has 0 saturated carbocycles. The van der Waals surface area contributed by atoms with Gasteiger partial charge in [-0.25, -0.2) is 9.97 Å². The second-order valence-electron chi connectivity index (χ2n) is 7.68. The standard InChI is InChI=1S/C21H30N6/c1-25-11-6-14-27(16-15-25)21-20(26-12-4-2-3-5-13-26)23-17-19(24-21)18-7-9-22-10-8-18/h7-10,17H,2-6,11-16H2,1H3. The summed E-state index contributed by atoms with van der Waals surface area (Å²) in [4.78, 5) is 21.5. The monoisotopic (exact) mass is 366 g/mol. The number of likely N-dealkylation sites (N-methyl/N-ethyl adjacent to an activating group) is 1. The van der Waals surface area contributed by atoms with Gasteiger partial charge in [0.2, 0.25) is 0 Å². The van der Waals surface area contributed by atoms with Crippen molar-refractivity contribution in [2.45, 2.75) is 32.1 Å². The van der Waals surface area contributed by atoms with Crippen molar-refractivity contribution in [2.24, 2.45) is 0 Å². The molecule has 0 radical (unpaired) electrons. The van der Waals surface area contributed by atoms with Crippen molar-refractivity contribution in [2.75, 3.05) is 56.1 Å². The maximum atomic E-state index is 5.11. The van der Waals surface area contributed by atoms with E-state index in [1.807, 2.05) is 30.7 Å². The molecule has 0 aliphatic carbocycles. The van der Waals surface area contributed by atoms with Gasteiger partial charge in [0.15, 0.2) is 11.6 Å². The van der Waals surface area contributed by atoms with Crippen LogP contribution in [0.15, 0.2) is 30.7 Å². The van der Waals surface area contributed by atoms with Crippen LogP contribution in [0.1, 0.15) is 32.1 Å². The SMILES string of the molecule is CN1CCCN(c2nc(-c3ccncc3)cnc2N2CCCCCC2)CC1. The Labute approximate surface area is 162 Å². The zero-order valence-corrected chi connectivity index (χ0v) is 16.3. The Balaban J connectivity index is 1.71. The van der Waals surface area contributed by atoms with E-state index in [0.29, 0.717) is 0 Å². The molecule has 0 atom stereocenters. The molecule has 6 heteroatoms. The Morgan fingerprint density at radius 2 is 1.44 bits per heavy atom. The van der Waals surface area contributed by atoms with Gasteiger partial charge in [-0.2, -0.15) is 0 Å². The number of pyridine rings is 1. The van der Waals surface area contributed by atoms with Crippen molar-refractivity contribution in [3.63, 3.8) is 0 Å². The number of aromatic nitrogens is 3. The van der Waals surface area contributed by atoms with E-state index in [0.717, 1.165) is 68.6 Å². The third-order valence-corrected chi connectivity index (χ3v) is 5.64. The zero-order chi connectivity index (χ0) is 18.5. The van der Waals surface area contributed by atoms with Crippen molar-refractivity contribution < 1.29 is 0 Å². The van der Waals surface area contributed by atoms with Gasteiger partial charge in [0.05, 0.1) is 11.9 Å². The lowest BCUT2D eigenvalue weighted by Crippen LogP contribution is -2.33. The van der Waals surface area contributed by atoms with Gasteiger partial charge in [0.1, 0.15) is 0 Å². The molecular formula is C21H30N6. The van der Waals surface area contributed by atoms with E-state index in [9.17, 15) is 0 Å². The van der Waals surface area contributed by atoms with Crippen LogP contribution in [0.2, 0.25) is 0 Å². The van der Waals surface area contributed by atoms with Gasteiger partial charge in [-0.1, -0.05) is 12.8 Å². The summed E-state index contributed by atoms with van der Waals surface area (Å²) in [6.45, 7) is 6.44. The highest BCUT2D eigenvalue weighted by atomic mass is 15.3. The second-order valence-corrected chi connectivity index (χ2v) is 7.68. The van der Waals surface area contributed by atoms with Crippen molar-refractivity contribution in [1.29, 1.82) is 0 Å². The maximum Gasteiger partial charge on any atom is 0.172 e. The molecular weight excluding hydrogens is 336 g/mol. The summed E-state index contributed by atoms with van der Waals surface area (Å²) < 4.78 is 0. The molecule has 2 saturated heterocycles. The molecule has 2 fully saturated rings. The predicted molar refractivity (Wildman–Crippen MR) is 110 cm³/mol. The van der Waals surface area contributed by atoms with Crippen molar-refractivity contribution >= 4 is 11.6 Å². The summed E-state index contributed by atoms with van der Waals surface area (Å²) in [5.41, 5.74) is 2.01. The largest absolute Gasteiger partial charge is 0.354 e. The molecule has 4 heterocycles. The number of nitrogens with zero attached hydrogens (tertiary/aromatic N) is 6. The Morgan fingerprint density at radius 3 is 2.22 bits per heavy atom. The topological polar surface area (TPSA) is 48.4 Å². The Hall–Kier alpha value is -2.21. The highest BCUT2D eigenvalue weighted by Crippen LogP contribution is 2.30. The van der Waals surface area contributed by atoms with Crippen LogP contribution in [0.25, 0.3) is 11.3 Å². The first-order valence-corrected chi connectivity index (χ1v) is 10.3. The predicted octanol–water partition coefficient (Wildman–Crippen LogP) is 3.06. The minimum atomic E-state index is 0.934. The number of hydrogen-bond donors (Lipinski definition) is 0. The molecule has 4 rings (SSSR count). The summed E-state index contributed by atoms with van der Waals surface area (Å²) in [6.07, 6.45) is 11.9. The fraction of sp³-hybridized carbons (Fsp3) is 0.571. The first-order chi connectivity index (χ1) is 13.3. The van der Waals surface area contributed by atoms with Crippen LogP contribution in [-0.4, -0.2) is 66.2 Å². The molecule has 0 unspecified atom stereocenters. The molecule has 0 amide bonds. The molecule has 0 N–H and O–H groups in total. The number of rotatable bonds is 3. The van der Waals surface area contributed by atoms with Crippen molar-refractivity contribution in [1.82, 2.24) is 19.9 Å². The molecule has 0 bridgehead atoms. The lowest BCUT2D eigenvalue weighted by molar-refractivity contribution is 0.360. The Morgan fingerprint density at radius 1 is 0.741 bits per heavy atom. The highest BCUT2D eigenvalue weighted by Gasteiger charge is 2.23. The molecule has 0 spiro atoms. The molecule has 144 valence electrons. The van der Waals surface area contributed by atoms with Gasteiger partial charge >= 0.3 is 0 Å². The lowest BCUT2D eigenvalue weighted by Gasteiger charge is -2.29. The van der Waals surface area contributed by atoms with Crippen LogP contribution in [0.5, 0.6) is 0 Å². The summed E-state index contributed by atoms with van der Waals surface area (Å²) >= 11 is 0. The van der Waals surface area contributed by atoms with Gasteiger partial charge in [-0.15, -0.1) is 0 Å². The van der Waals surface area contributed by atoms with Crippen LogP contribution in [0, 0.1) is 0 Å². The van der Waals surface area contributed by atoms with Crippen molar-refractivity contribution in [3.05, 3.63) is 30.7 Å². The minimum absolute atomic E-state index is 0.934. The number of hydrogen-bond acceptors (Lipinski definition) is 6. The normalized spacial score (nSPS) is 19.6. The van der Waals surface area contributed by atoms with Crippen LogP contribution in [0.4, 0.5) is 11.6 Å². The van der Waals surface area contributed by atoms with Crippen molar-refractivity contribution in [3.8, 4) is 11.3 Å². The molecule has 27 heavy (non-hydrogen) atoms. The lowest BCUT2D eigenvalue weighted by atomic mass is 10.2. The average molecular weight is 367 g/mol. The Bertz CT molecular complexity index is 727. The minimum Gasteiger partial charge on any atom is -0.354 e. The third kappa shape index (κ3) is 4.38. The van der Waals surface area contributed by atoms with Gasteiger partial charge < -0.3 is 14.7 Å². The fourth-order valence-electron chi connectivity index (χ4n) is 4.01. The van der Waals surface area contributed by atoms with E-state index in [-0.39, 0.29) is 0 Å². The fourth-order valence-corrected chi connectivity index (χ4v) is 4.01. The first kappa shape index (κ1) is 18.2.